The van der Waals surface area contributed by atoms with E-state index >= 15 is 0 Å². The van der Waals surface area contributed by atoms with Crippen LogP contribution >= 0.6 is 27.3 Å². The number of nitrogens with one attached hydrogen (secondary N) is 1. The molecule has 1 aliphatic heterocycles. The Hall–Kier alpha value is -2.77. The molecule has 0 radical (unpaired) electrons. The number of amides is 1. The smallest absolute Gasteiger partial charge is 0.274 e. The van der Waals surface area contributed by atoms with E-state index in [0.717, 1.165) is 42.4 Å². The van der Waals surface area contributed by atoms with E-state index in [1.54, 1.807) is 11.3 Å². The summed E-state index contributed by atoms with van der Waals surface area (Å²) in [6.45, 7) is 10.8. The molecule has 32 heavy (non-hydrogen) atoms. The molecule has 1 N–H and O–H groups in total. The van der Waals surface area contributed by atoms with Gasteiger partial charge in [0.15, 0.2) is 0 Å². The Morgan fingerprint density at radius 2 is 2.00 bits per heavy atom. The van der Waals surface area contributed by atoms with Gasteiger partial charge in [-0.15, -0.1) is 11.3 Å². The van der Waals surface area contributed by atoms with Gasteiger partial charge in [-0.1, -0.05) is 36.4 Å². The van der Waals surface area contributed by atoms with E-state index in [0.29, 0.717) is 18.7 Å². The first-order valence-electron chi connectivity index (χ1n) is 10.5. The fourth-order valence-electron chi connectivity index (χ4n) is 4.22. The van der Waals surface area contributed by atoms with Crippen molar-refractivity contribution in [3.63, 3.8) is 0 Å². The lowest BCUT2D eigenvalue weighted by molar-refractivity contribution is 0.0728. The van der Waals surface area contributed by atoms with Crippen LogP contribution in [0.2, 0.25) is 0 Å². The summed E-state index contributed by atoms with van der Waals surface area (Å²) in [4.78, 5) is 29.4. The van der Waals surface area contributed by atoms with Crippen LogP contribution in [-0.4, -0.2) is 32.3 Å². The number of hydrogen-bond donors (Lipinski definition) is 1. The van der Waals surface area contributed by atoms with Gasteiger partial charge >= 0.3 is 0 Å². The number of carbonyl (C=O) groups is 1. The summed E-state index contributed by atoms with van der Waals surface area (Å²) in [5, 5.41) is 0.879. The minimum absolute atomic E-state index is 0.0780. The normalized spacial score (nSPS) is 16.3. The molecule has 162 valence electrons. The number of carbonyl (C=O) groups excluding carboxylic acids is 1. The van der Waals surface area contributed by atoms with Crippen LogP contribution in [0, 0.1) is 20.8 Å². The number of benzene rings is 2. The third-order valence-electron chi connectivity index (χ3n) is 6.02. The molecule has 3 heterocycles. The van der Waals surface area contributed by atoms with Crippen LogP contribution in [0.4, 0.5) is 0 Å². The zero-order valence-corrected chi connectivity index (χ0v) is 20.6. The second-order valence-corrected chi connectivity index (χ2v) is 10.4. The molecule has 0 bridgehead atoms. The topological polar surface area (TPSA) is 61.9 Å². The van der Waals surface area contributed by atoms with Crippen molar-refractivity contribution in [1.29, 1.82) is 0 Å². The number of likely N-dealkylation sites (tertiary alicyclic amines) is 1. The predicted molar refractivity (Wildman–Crippen MR) is 133 cm³/mol. The summed E-state index contributed by atoms with van der Waals surface area (Å²) in [5.74, 6) is 0.698. The second kappa shape index (κ2) is 7.98. The summed E-state index contributed by atoms with van der Waals surface area (Å²) in [5.41, 5.74) is 6.80. The van der Waals surface area contributed by atoms with E-state index in [9.17, 15) is 4.79 Å². The molecule has 1 aliphatic rings. The van der Waals surface area contributed by atoms with Crippen LogP contribution in [0.3, 0.4) is 0 Å². The highest BCUT2D eigenvalue weighted by Crippen LogP contribution is 2.38. The number of imidazole rings is 1. The number of halogens is 1. The Labute approximate surface area is 199 Å². The van der Waals surface area contributed by atoms with Crippen molar-refractivity contribution in [3.8, 4) is 10.4 Å². The molecular formula is C25H23BrN4OS. The lowest BCUT2D eigenvalue weighted by atomic mass is 10.0. The number of fused-ring (bicyclic) bond motifs is 1. The maximum absolute atomic E-state index is 13.8. The van der Waals surface area contributed by atoms with Crippen LogP contribution in [0.5, 0.6) is 0 Å². The number of nitrogens with zero attached hydrogens (tertiary/aromatic N) is 3. The Bertz CT molecular complexity index is 1390. The molecule has 0 aliphatic carbocycles. The number of hydrogen-bond acceptors (Lipinski definition) is 4. The first-order valence-corrected chi connectivity index (χ1v) is 12.1. The van der Waals surface area contributed by atoms with Crippen LogP contribution in [-0.2, 0) is 0 Å². The lowest BCUT2D eigenvalue weighted by Crippen LogP contribution is -2.31. The van der Waals surface area contributed by atoms with Gasteiger partial charge in [0.1, 0.15) is 17.0 Å². The molecule has 0 spiro atoms. The van der Waals surface area contributed by atoms with Gasteiger partial charge in [0.05, 0.1) is 21.4 Å². The SMILES string of the molecule is C=C1CC(c2nc3c(Br)cccc3[nH]2)N(C(=O)c2nc(C)sc2-c2ccc(C)c(C)c2)C1. The number of rotatable bonds is 3. The number of aromatic nitrogens is 3. The first kappa shape index (κ1) is 21.1. The fraction of sp³-hybridized carbons (Fsp3) is 0.240. The van der Waals surface area contributed by atoms with Crippen molar-refractivity contribution >= 4 is 44.2 Å². The van der Waals surface area contributed by atoms with E-state index in [1.165, 1.54) is 11.1 Å². The van der Waals surface area contributed by atoms with Gasteiger partial charge < -0.3 is 9.88 Å². The van der Waals surface area contributed by atoms with Crippen molar-refractivity contribution in [2.45, 2.75) is 33.2 Å². The van der Waals surface area contributed by atoms with Gasteiger partial charge in [-0.2, -0.15) is 0 Å². The van der Waals surface area contributed by atoms with Crippen LogP contribution in [0.15, 0.2) is 53.0 Å². The minimum atomic E-state index is -0.191. The van der Waals surface area contributed by atoms with E-state index in [4.69, 9.17) is 4.98 Å². The number of H-pyrrole nitrogens is 1. The van der Waals surface area contributed by atoms with Crippen LogP contribution in [0.25, 0.3) is 21.5 Å². The number of aryl methyl sites for hydroxylation is 3. The molecule has 2 aromatic carbocycles. The largest absolute Gasteiger partial charge is 0.340 e. The summed E-state index contributed by atoms with van der Waals surface area (Å²) in [6, 6.07) is 12.0. The molecule has 2 aromatic heterocycles. The standard InChI is InChI=1S/C25H23BrN4OS/c1-13-10-20(24-28-19-7-5-6-18(26)21(19)29-24)30(12-13)25(31)22-23(32-16(4)27-22)17-9-8-14(2)15(3)11-17/h5-9,11,20H,1,10,12H2,2-4H3,(H,28,29). The minimum Gasteiger partial charge on any atom is -0.340 e. The molecule has 1 unspecified atom stereocenters. The van der Waals surface area contributed by atoms with Crippen LogP contribution < -0.4 is 0 Å². The number of para-hydroxylation sites is 1. The van der Waals surface area contributed by atoms with Gasteiger partial charge in [-0.3, -0.25) is 4.79 Å². The summed E-state index contributed by atoms with van der Waals surface area (Å²) >= 11 is 5.13. The van der Waals surface area contributed by atoms with E-state index in [2.05, 4.69) is 64.5 Å². The lowest BCUT2D eigenvalue weighted by Gasteiger charge is -2.22. The highest BCUT2D eigenvalue weighted by molar-refractivity contribution is 9.10. The molecule has 5 rings (SSSR count). The molecule has 1 amide bonds. The van der Waals surface area contributed by atoms with Gasteiger partial charge in [-0.25, -0.2) is 9.97 Å². The van der Waals surface area contributed by atoms with Crippen molar-refractivity contribution in [1.82, 2.24) is 19.9 Å². The third kappa shape index (κ3) is 3.59. The Morgan fingerprint density at radius 1 is 1.19 bits per heavy atom. The molecular weight excluding hydrogens is 484 g/mol. The average molecular weight is 507 g/mol. The van der Waals surface area contributed by atoms with Crippen LogP contribution in [0.1, 0.15) is 44.9 Å². The molecule has 1 atom stereocenters. The van der Waals surface area contributed by atoms with E-state index in [-0.39, 0.29) is 11.9 Å². The molecule has 1 saturated heterocycles. The third-order valence-corrected chi connectivity index (χ3v) is 7.68. The quantitative estimate of drug-likeness (QED) is 0.321. The molecule has 1 fully saturated rings. The van der Waals surface area contributed by atoms with Gasteiger partial charge in [0, 0.05) is 11.0 Å². The van der Waals surface area contributed by atoms with E-state index in [1.807, 2.05) is 30.0 Å². The zero-order valence-electron chi connectivity index (χ0n) is 18.2. The van der Waals surface area contributed by atoms with Crippen molar-refractivity contribution in [3.05, 3.63) is 80.7 Å². The van der Waals surface area contributed by atoms with Crippen molar-refractivity contribution in [2.75, 3.05) is 6.54 Å². The highest BCUT2D eigenvalue weighted by Gasteiger charge is 2.37. The predicted octanol–water partition coefficient (Wildman–Crippen LogP) is 6.52. The maximum atomic E-state index is 13.8. The maximum Gasteiger partial charge on any atom is 0.274 e. The van der Waals surface area contributed by atoms with E-state index < -0.39 is 0 Å². The molecule has 4 aromatic rings. The Kier molecular flexibility index (Phi) is 5.26. The molecule has 0 saturated carbocycles. The zero-order chi connectivity index (χ0) is 22.6. The summed E-state index contributed by atoms with van der Waals surface area (Å²) in [6.07, 6.45) is 0.686. The molecule has 7 heteroatoms. The first-order chi connectivity index (χ1) is 15.3. The Balaban J connectivity index is 1.55. The fourth-order valence-corrected chi connectivity index (χ4v) is 5.58. The molecule has 5 nitrogen and oxygen atoms in total. The summed E-state index contributed by atoms with van der Waals surface area (Å²) < 4.78 is 0.930. The number of aromatic amines is 1. The van der Waals surface area contributed by atoms with Gasteiger partial charge in [0.25, 0.3) is 5.91 Å². The monoisotopic (exact) mass is 506 g/mol. The average Bonchev–Trinajstić information content (AvgIpc) is 3.46. The van der Waals surface area contributed by atoms with Crippen molar-refractivity contribution < 1.29 is 4.79 Å². The Morgan fingerprint density at radius 3 is 2.75 bits per heavy atom. The van der Waals surface area contributed by atoms with Gasteiger partial charge in [0.2, 0.25) is 0 Å². The summed E-state index contributed by atoms with van der Waals surface area (Å²) in [7, 11) is 0. The van der Waals surface area contributed by atoms with Crippen molar-refractivity contribution in [2.24, 2.45) is 0 Å². The number of thiazole rings is 1. The highest BCUT2D eigenvalue weighted by atomic mass is 79.9. The second-order valence-electron chi connectivity index (χ2n) is 8.37. The van der Waals surface area contributed by atoms with Gasteiger partial charge in [-0.05, 0) is 71.9 Å².